The van der Waals surface area contributed by atoms with Crippen molar-refractivity contribution in [2.24, 2.45) is 0 Å². The van der Waals surface area contributed by atoms with Crippen molar-refractivity contribution in [1.29, 1.82) is 0 Å². The number of nitrogens with zero attached hydrogens (tertiary/aromatic N) is 2. The number of sulfonamides is 1. The molecule has 0 aromatic heterocycles. The number of nitrogens with one attached hydrogen (secondary N) is 1. The van der Waals surface area contributed by atoms with Crippen LogP contribution in [0, 0.1) is 0 Å². The van der Waals surface area contributed by atoms with Crippen LogP contribution < -0.4 is 10.2 Å². The number of hydrogen-bond acceptors (Lipinski definition) is 5. The van der Waals surface area contributed by atoms with Gasteiger partial charge >= 0.3 is 0 Å². The van der Waals surface area contributed by atoms with E-state index in [2.05, 4.69) is 5.32 Å². The Labute approximate surface area is 153 Å². The van der Waals surface area contributed by atoms with Gasteiger partial charge in [0, 0.05) is 43.9 Å². The van der Waals surface area contributed by atoms with Crippen molar-refractivity contribution in [3.63, 3.8) is 0 Å². The summed E-state index contributed by atoms with van der Waals surface area (Å²) in [6, 6.07) is 6.83. The fourth-order valence-corrected chi connectivity index (χ4v) is 4.41. The molecule has 2 aliphatic rings. The van der Waals surface area contributed by atoms with E-state index in [1.807, 2.05) is 0 Å². The van der Waals surface area contributed by atoms with E-state index in [4.69, 9.17) is 4.74 Å². The molecule has 2 saturated heterocycles. The molecule has 0 saturated carbocycles. The van der Waals surface area contributed by atoms with Crippen molar-refractivity contribution in [3.05, 3.63) is 29.8 Å². The lowest BCUT2D eigenvalue weighted by Gasteiger charge is -2.26. The zero-order valence-electron chi connectivity index (χ0n) is 14.5. The zero-order chi connectivity index (χ0) is 18.6. The van der Waals surface area contributed by atoms with Gasteiger partial charge in [0.1, 0.15) is 0 Å². The van der Waals surface area contributed by atoms with Gasteiger partial charge in [-0.15, -0.1) is 0 Å². The van der Waals surface area contributed by atoms with Crippen LogP contribution in [0.5, 0.6) is 0 Å². The molecular weight excluding hydrogens is 358 g/mol. The summed E-state index contributed by atoms with van der Waals surface area (Å²) in [5.41, 5.74) is 1.10. The molecule has 0 aliphatic carbocycles. The van der Waals surface area contributed by atoms with Crippen LogP contribution in [0.4, 0.5) is 5.69 Å². The lowest BCUT2D eigenvalue weighted by Crippen LogP contribution is -2.43. The van der Waals surface area contributed by atoms with Gasteiger partial charge in [-0.05, 0) is 24.6 Å². The Morgan fingerprint density at radius 1 is 1.19 bits per heavy atom. The van der Waals surface area contributed by atoms with E-state index in [0.717, 1.165) is 6.42 Å². The van der Waals surface area contributed by atoms with Crippen LogP contribution in [-0.2, 0) is 19.6 Å². The molecule has 0 spiro atoms. The first-order valence-corrected chi connectivity index (χ1v) is 10.3. The number of amides is 2. The second-order valence-corrected chi connectivity index (χ2v) is 8.37. The minimum Gasteiger partial charge on any atom is -0.379 e. The fraction of sp³-hybridized carbons (Fsp3) is 0.529. The lowest BCUT2D eigenvalue weighted by atomic mass is 10.1. The molecular formula is C17H23N3O5S. The SMILES string of the molecule is O=C(NCCS(=O)(=O)N1CCOCC1)c1cccc(N2CCCC2=O)c1. The Bertz CT molecular complexity index is 774. The summed E-state index contributed by atoms with van der Waals surface area (Å²) in [5, 5.41) is 2.64. The monoisotopic (exact) mass is 381 g/mol. The van der Waals surface area contributed by atoms with Crippen molar-refractivity contribution in [1.82, 2.24) is 9.62 Å². The average molecular weight is 381 g/mol. The van der Waals surface area contributed by atoms with Crippen molar-refractivity contribution < 1.29 is 22.7 Å². The molecule has 1 aromatic rings. The Hall–Kier alpha value is -1.97. The smallest absolute Gasteiger partial charge is 0.251 e. The summed E-state index contributed by atoms with van der Waals surface area (Å²) in [4.78, 5) is 25.8. The molecule has 1 N–H and O–H groups in total. The van der Waals surface area contributed by atoms with Crippen LogP contribution in [-0.4, -0.2) is 69.7 Å². The summed E-state index contributed by atoms with van der Waals surface area (Å²) >= 11 is 0. The summed E-state index contributed by atoms with van der Waals surface area (Å²) in [7, 11) is -3.40. The van der Waals surface area contributed by atoms with Crippen LogP contribution >= 0.6 is 0 Å². The van der Waals surface area contributed by atoms with Crippen LogP contribution in [0.25, 0.3) is 0 Å². The highest BCUT2D eigenvalue weighted by Crippen LogP contribution is 2.22. The average Bonchev–Trinajstić information content (AvgIpc) is 3.08. The molecule has 3 rings (SSSR count). The molecule has 0 bridgehead atoms. The number of morpholine rings is 1. The minimum absolute atomic E-state index is 0.0331. The predicted octanol–water partition coefficient (Wildman–Crippen LogP) is 0.205. The van der Waals surface area contributed by atoms with Crippen LogP contribution in [0.2, 0.25) is 0 Å². The van der Waals surface area contributed by atoms with Gasteiger partial charge in [-0.25, -0.2) is 8.42 Å². The Morgan fingerprint density at radius 3 is 2.65 bits per heavy atom. The number of carbonyl (C=O) groups is 2. The van der Waals surface area contributed by atoms with E-state index in [9.17, 15) is 18.0 Å². The molecule has 9 heteroatoms. The Kier molecular flexibility index (Phi) is 5.90. The number of benzene rings is 1. The van der Waals surface area contributed by atoms with E-state index >= 15 is 0 Å². The van der Waals surface area contributed by atoms with Crippen LogP contribution in [0.3, 0.4) is 0 Å². The first-order valence-electron chi connectivity index (χ1n) is 8.71. The fourth-order valence-electron chi connectivity index (χ4n) is 3.09. The number of hydrogen-bond donors (Lipinski definition) is 1. The third-order valence-electron chi connectivity index (χ3n) is 4.50. The maximum Gasteiger partial charge on any atom is 0.251 e. The van der Waals surface area contributed by atoms with Gasteiger partial charge in [0.25, 0.3) is 5.91 Å². The maximum atomic E-state index is 12.3. The maximum absolute atomic E-state index is 12.3. The van der Waals surface area contributed by atoms with Crippen molar-refractivity contribution in [2.75, 3.05) is 50.0 Å². The first kappa shape index (κ1) is 18.8. The Morgan fingerprint density at radius 2 is 1.96 bits per heavy atom. The van der Waals surface area contributed by atoms with Gasteiger partial charge in [-0.3, -0.25) is 9.59 Å². The highest BCUT2D eigenvalue weighted by atomic mass is 32.2. The minimum atomic E-state index is -3.40. The van der Waals surface area contributed by atoms with Gasteiger partial charge < -0.3 is 15.0 Å². The molecule has 0 radical (unpaired) electrons. The molecule has 1 aromatic carbocycles. The highest BCUT2D eigenvalue weighted by molar-refractivity contribution is 7.89. The number of ether oxygens (including phenoxy) is 1. The molecule has 26 heavy (non-hydrogen) atoms. The number of rotatable bonds is 6. The van der Waals surface area contributed by atoms with Crippen LogP contribution in [0.15, 0.2) is 24.3 Å². The predicted molar refractivity (Wildman–Crippen MR) is 96.5 cm³/mol. The van der Waals surface area contributed by atoms with Crippen molar-refractivity contribution >= 4 is 27.5 Å². The van der Waals surface area contributed by atoms with Gasteiger partial charge in [0.05, 0.1) is 19.0 Å². The lowest BCUT2D eigenvalue weighted by molar-refractivity contribution is -0.117. The van der Waals surface area contributed by atoms with Gasteiger partial charge in [-0.1, -0.05) is 6.07 Å². The molecule has 8 nitrogen and oxygen atoms in total. The molecule has 0 unspecified atom stereocenters. The van der Waals surface area contributed by atoms with E-state index in [-0.39, 0.29) is 24.1 Å². The van der Waals surface area contributed by atoms with E-state index < -0.39 is 10.0 Å². The largest absolute Gasteiger partial charge is 0.379 e. The number of anilines is 1. The summed E-state index contributed by atoms with van der Waals surface area (Å²) in [6.45, 7) is 2.18. The van der Waals surface area contributed by atoms with E-state index in [1.54, 1.807) is 29.2 Å². The summed E-state index contributed by atoms with van der Waals surface area (Å²) in [6.07, 6.45) is 1.34. The molecule has 0 atom stereocenters. The molecule has 2 fully saturated rings. The summed E-state index contributed by atoms with van der Waals surface area (Å²) < 4.78 is 31.0. The molecule has 142 valence electrons. The van der Waals surface area contributed by atoms with Gasteiger partial charge in [0.2, 0.25) is 15.9 Å². The Balaban J connectivity index is 1.56. The van der Waals surface area contributed by atoms with Gasteiger partial charge in [0.15, 0.2) is 0 Å². The highest BCUT2D eigenvalue weighted by Gasteiger charge is 2.25. The van der Waals surface area contributed by atoms with Gasteiger partial charge in [-0.2, -0.15) is 4.31 Å². The quantitative estimate of drug-likeness (QED) is 0.760. The third kappa shape index (κ3) is 4.40. The normalized spacial score (nSPS) is 18.9. The number of carbonyl (C=O) groups excluding carboxylic acids is 2. The van der Waals surface area contributed by atoms with Crippen LogP contribution in [0.1, 0.15) is 23.2 Å². The molecule has 2 heterocycles. The van der Waals surface area contributed by atoms with Crippen molar-refractivity contribution in [2.45, 2.75) is 12.8 Å². The van der Waals surface area contributed by atoms with E-state index in [1.165, 1.54) is 4.31 Å². The molecule has 2 aliphatic heterocycles. The second kappa shape index (κ2) is 8.15. The topological polar surface area (TPSA) is 96.0 Å². The van der Waals surface area contributed by atoms with Crippen molar-refractivity contribution in [3.8, 4) is 0 Å². The zero-order valence-corrected chi connectivity index (χ0v) is 15.3. The summed E-state index contributed by atoms with van der Waals surface area (Å²) in [5.74, 6) is -0.446. The first-order chi connectivity index (χ1) is 12.5. The molecule has 2 amide bonds. The third-order valence-corrected chi connectivity index (χ3v) is 6.37. The standard InChI is InChI=1S/C17H23N3O5S/c21-16-5-2-7-20(16)15-4-1-3-14(13-15)17(22)18-6-12-26(23,24)19-8-10-25-11-9-19/h1,3-4,13H,2,5-12H2,(H,18,22). The second-order valence-electron chi connectivity index (χ2n) is 6.28. The van der Waals surface area contributed by atoms with E-state index in [0.29, 0.717) is 50.5 Å².